The van der Waals surface area contributed by atoms with E-state index in [1.807, 2.05) is 12.2 Å². The van der Waals surface area contributed by atoms with Crippen molar-refractivity contribution in [1.82, 2.24) is 10.2 Å². The number of likely N-dealkylation sites (tertiary alicyclic amines) is 1. The maximum Gasteiger partial charge on any atom is 0.249 e. The van der Waals surface area contributed by atoms with Gasteiger partial charge in [0.1, 0.15) is 6.04 Å². The number of fused-ring (bicyclic) bond motifs is 5. The van der Waals surface area contributed by atoms with E-state index in [9.17, 15) is 19.2 Å². The first-order valence-electron chi connectivity index (χ1n) is 6.97. The molecule has 2 heterocycles. The van der Waals surface area contributed by atoms with Crippen molar-refractivity contribution < 1.29 is 19.2 Å². The number of carbonyl (C=O) groups is 4. The fourth-order valence-electron chi connectivity index (χ4n) is 4.16. The van der Waals surface area contributed by atoms with Crippen molar-refractivity contribution in [3.63, 3.8) is 0 Å². The first kappa shape index (κ1) is 11.8. The molecule has 6 heteroatoms. The third-order valence-corrected chi connectivity index (χ3v) is 5.03. The number of imide groups is 2. The Morgan fingerprint density at radius 2 is 1.60 bits per heavy atom. The summed E-state index contributed by atoms with van der Waals surface area (Å²) in [6.07, 6.45) is 5.32. The minimum absolute atomic E-state index is 0.139. The minimum Gasteiger partial charge on any atom is -0.295 e. The highest BCUT2D eigenvalue weighted by Crippen LogP contribution is 2.53. The molecular formula is C14H14N2O4. The second-order valence-electron chi connectivity index (χ2n) is 6.01. The van der Waals surface area contributed by atoms with Crippen LogP contribution in [0.4, 0.5) is 0 Å². The number of piperidine rings is 1. The van der Waals surface area contributed by atoms with Gasteiger partial charge in [0.05, 0.1) is 11.8 Å². The van der Waals surface area contributed by atoms with E-state index in [2.05, 4.69) is 5.32 Å². The monoisotopic (exact) mass is 274 g/mol. The highest BCUT2D eigenvalue weighted by atomic mass is 16.2. The number of amides is 4. The highest BCUT2D eigenvalue weighted by Gasteiger charge is 2.61. The van der Waals surface area contributed by atoms with Crippen molar-refractivity contribution >= 4 is 23.6 Å². The molecule has 0 unspecified atom stereocenters. The normalized spacial score (nSPS) is 42.4. The molecule has 1 saturated carbocycles. The van der Waals surface area contributed by atoms with E-state index >= 15 is 0 Å². The van der Waals surface area contributed by atoms with E-state index in [-0.39, 0.29) is 54.2 Å². The smallest absolute Gasteiger partial charge is 0.249 e. The number of nitrogens with one attached hydrogen (secondary N) is 1. The topological polar surface area (TPSA) is 83.6 Å². The van der Waals surface area contributed by atoms with Gasteiger partial charge in [0, 0.05) is 6.42 Å². The molecule has 2 saturated heterocycles. The first-order valence-corrected chi connectivity index (χ1v) is 6.97. The molecule has 0 radical (unpaired) electrons. The lowest BCUT2D eigenvalue weighted by molar-refractivity contribution is -0.152. The van der Waals surface area contributed by atoms with Gasteiger partial charge in [-0.3, -0.25) is 29.4 Å². The van der Waals surface area contributed by atoms with Crippen LogP contribution in [0.25, 0.3) is 0 Å². The minimum atomic E-state index is -0.808. The largest absolute Gasteiger partial charge is 0.295 e. The summed E-state index contributed by atoms with van der Waals surface area (Å²) in [6, 6.07) is -0.808. The molecule has 20 heavy (non-hydrogen) atoms. The molecule has 0 aromatic rings. The molecule has 2 bridgehead atoms. The van der Waals surface area contributed by atoms with Crippen LogP contribution in [0.5, 0.6) is 0 Å². The van der Waals surface area contributed by atoms with Crippen molar-refractivity contribution in [1.29, 1.82) is 0 Å². The van der Waals surface area contributed by atoms with Crippen molar-refractivity contribution in [2.24, 2.45) is 23.7 Å². The van der Waals surface area contributed by atoms with E-state index in [4.69, 9.17) is 0 Å². The summed E-state index contributed by atoms with van der Waals surface area (Å²) in [6.45, 7) is 0. The lowest BCUT2D eigenvalue weighted by Crippen LogP contribution is -2.54. The Balaban J connectivity index is 1.65. The Bertz CT molecular complexity index is 552. The molecule has 5 atom stereocenters. The lowest BCUT2D eigenvalue weighted by atomic mass is 9.85. The summed E-state index contributed by atoms with van der Waals surface area (Å²) in [5.74, 6) is -1.63. The van der Waals surface area contributed by atoms with Crippen LogP contribution in [0.1, 0.15) is 19.3 Å². The van der Waals surface area contributed by atoms with Gasteiger partial charge in [-0.05, 0) is 24.7 Å². The predicted octanol–water partition coefficient (Wildman–Crippen LogP) is -0.401. The third-order valence-electron chi connectivity index (χ3n) is 5.03. The van der Waals surface area contributed by atoms with Crippen LogP contribution >= 0.6 is 0 Å². The van der Waals surface area contributed by atoms with Crippen LogP contribution < -0.4 is 5.32 Å². The van der Waals surface area contributed by atoms with Gasteiger partial charge >= 0.3 is 0 Å². The summed E-state index contributed by atoms with van der Waals surface area (Å²) in [7, 11) is 0. The van der Waals surface area contributed by atoms with Gasteiger partial charge in [-0.15, -0.1) is 0 Å². The zero-order valence-corrected chi connectivity index (χ0v) is 10.7. The zero-order chi connectivity index (χ0) is 14.0. The predicted molar refractivity (Wildman–Crippen MR) is 65.7 cm³/mol. The maximum atomic E-state index is 12.5. The number of nitrogens with zero attached hydrogens (tertiary/aromatic N) is 1. The average Bonchev–Trinajstić information content (AvgIpc) is 3.06. The number of hydrogen-bond donors (Lipinski definition) is 1. The zero-order valence-electron chi connectivity index (χ0n) is 10.7. The van der Waals surface area contributed by atoms with Crippen LogP contribution in [0.2, 0.25) is 0 Å². The van der Waals surface area contributed by atoms with E-state index in [1.54, 1.807) is 0 Å². The van der Waals surface area contributed by atoms with Crippen molar-refractivity contribution in [3.05, 3.63) is 12.2 Å². The summed E-state index contributed by atoms with van der Waals surface area (Å²) in [5, 5.41) is 2.21. The van der Waals surface area contributed by atoms with Gasteiger partial charge in [0.15, 0.2) is 0 Å². The van der Waals surface area contributed by atoms with Gasteiger partial charge in [-0.25, -0.2) is 0 Å². The summed E-state index contributed by atoms with van der Waals surface area (Å²) in [5.41, 5.74) is 0. The van der Waals surface area contributed by atoms with Crippen molar-refractivity contribution in [2.75, 3.05) is 0 Å². The molecule has 4 amide bonds. The van der Waals surface area contributed by atoms with Gasteiger partial charge in [-0.1, -0.05) is 12.2 Å². The third kappa shape index (κ3) is 1.34. The standard InChI is InChI=1S/C14H14N2O4/c17-9-4-3-8(12(18)15-9)16-13(19)10-6-1-2-7(5-6)11(10)14(16)20/h1-2,6-8,10-11H,3-5H2,(H,15,17,18)/t6-,7-,8-,10-,11-/m0/s1. The Morgan fingerprint density at radius 1 is 1.00 bits per heavy atom. The first-order chi connectivity index (χ1) is 9.58. The second-order valence-corrected chi connectivity index (χ2v) is 6.01. The van der Waals surface area contributed by atoms with E-state index in [0.29, 0.717) is 0 Å². The van der Waals surface area contributed by atoms with Gasteiger partial charge < -0.3 is 0 Å². The van der Waals surface area contributed by atoms with Crippen LogP contribution in [-0.4, -0.2) is 34.6 Å². The Kier molecular flexibility index (Phi) is 2.23. The quantitative estimate of drug-likeness (QED) is 0.521. The molecule has 6 nitrogen and oxygen atoms in total. The van der Waals surface area contributed by atoms with Crippen molar-refractivity contribution in [3.8, 4) is 0 Å². The number of rotatable bonds is 1. The van der Waals surface area contributed by atoms with Crippen LogP contribution in [0, 0.1) is 23.7 Å². The molecule has 2 aliphatic carbocycles. The second kappa shape index (κ2) is 3.77. The van der Waals surface area contributed by atoms with E-state index in [0.717, 1.165) is 11.3 Å². The van der Waals surface area contributed by atoms with Crippen LogP contribution in [0.3, 0.4) is 0 Å². The fraction of sp³-hybridized carbons (Fsp3) is 0.571. The van der Waals surface area contributed by atoms with Gasteiger partial charge in [-0.2, -0.15) is 0 Å². The van der Waals surface area contributed by atoms with Crippen molar-refractivity contribution in [2.45, 2.75) is 25.3 Å². The molecule has 0 aromatic carbocycles. The van der Waals surface area contributed by atoms with E-state index < -0.39 is 11.9 Å². The van der Waals surface area contributed by atoms with Crippen LogP contribution in [-0.2, 0) is 19.2 Å². The number of allylic oxidation sites excluding steroid dienone is 2. The molecule has 4 rings (SSSR count). The molecular weight excluding hydrogens is 260 g/mol. The molecule has 3 fully saturated rings. The van der Waals surface area contributed by atoms with Gasteiger partial charge in [0.25, 0.3) is 0 Å². The Labute approximate surface area is 115 Å². The SMILES string of the molecule is O=C1CC[C@H](N2C(=O)[C@@H]3[C@@H](C2=O)[C@H]2C=C[C@H]3C2)C(=O)N1. The van der Waals surface area contributed by atoms with E-state index in [1.165, 1.54) is 0 Å². The summed E-state index contributed by atoms with van der Waals surface area (Å²) >= 11 is 0. The Morgan fingerprint density at radius 3 is 2.15 bits per heavy atom. The lowest BCUT2D eigenvalue weighted by Gasteiger charge is -2.29. The maximum absolute atomic E-state index is 12.5. The molecule has 0 aromatic heterocycles. The fourth-order valence-corrected chi connectivity index (χ4v) is 4.16. The molecule has 0 spiro atoms. The molecule has 2 aliphatic heterocycles. The summed E-state index contributed by atoms with van der Waals surface area (Å²) in [4.78, 5) is 49.2. The number of carbonyl (C=O) groups excluding carboxylic acids is 4. The number of hydrogen-bond acceptors (Lipinski definition) is 4. The summed E-state index contributed by atoms with van der Waals surface area (Å²) < 4.78 is 0. The molecule has 104 valence electrons. The van der Waals surface area contributed by atoms with Crippen LogP contribution in [0.15, 0.2) is 12.2 Å². The average molecular weight is 274 g/mol. The highest BCUT2D eigenvalue weighted by molar-refractivity contribution is 6.11. The Hall–Kier alpha value is -1.98. The molecule has 1 N–H and O–H groups in total. The van der Waals surface area contributed by atoms with Gasteiger partial charge in [0.2, 0.25) is 23.6 Å². The molecule has 4 aliphatic rings.